The minimum Gasteiger partial charge on any atom is -0.466 e. The molecular formula is C27H26N4O5. The second-order valence-corrected chi connectivity index (χ2v) is 8.38. The van der Waals surface area contributed by atoms with E-state index in [2.05, 4.69) is 6.07 Å². The van der Waals surface area contributed by atoms with Crippen LogP contribution in [0.4, 0.5) is 5.69 Å². The molecule has 0 spiro atoms. The lowest BCUT2D eigenvalue weighted by atomic mass is 9.81. The van der Waals surface area contributed by atoms with Gasteiger partial charge in [-0.25, -0.2) is 9.59 Å². The van der Waals surface area contributed by atoms with Crippen LogP contribution in [0.2, 0.25) is 0 Å². The van der Waals surface area contributed by atoms with Crippen molar-refractivity contribution in [1.29, 1.82) is 5.26 Å². The number of nitriles is 1. The Kier molecular flexibility index (Phi) is 7.06. The van der Waals surface area contributed by atoms with Gasteiger partial charge in [0, 0.05) is 24.3 Å². The zero-order chi connectivity index (χ0) is 25.8. The number of amides is 1. The van der Waals surface area contributed by atoms with Gasteiger partial charge in [0.1, 0.15) is 11.5 Å². The molecule has 1 amide bonds. The van der Waals surface area contributed by atoms with Gasteiger partial charge in [-0.15, -0.1) is 0 Å². The van der Waals surface area contributed by atoms with Crippen molar-refractivity contribution in [2.45, 2.75) is 18.8 Å². The maximum Gasteiger partial charge on any atom is 0.355 e. The number of likely N-dealkylation sites (tertiary alicyclic amines) is 1. The highest BCUT2D eigenvalue weighted by atomic mass is 16.5. The molecule has 36 heavy (non-hydrogen) atoms. The Labute approximate surface area is 209 Å². The molecule has 184 valence electrons. The zero-order valence-electron chi connectivity index (χ0n) is 20.1. The van der Waals surface area contributed by atoms with E-state index in [1.807, 2.05) is 0 Å². The van der Waals surface area contributed by atoms with E-state index in [9.17, 15) is 19.6 Å². The van der Waals surface area contributed by atoms with Crippen LogP contribution < -0.4 is 10.6 Å². The number of carbonyl (C=O) groups excluding carboxylic acids is 3. The van der Waals surface area contributed by atoms with Crippen molar-refractivity contribution < 1.29 is 23.9 Å². The van der Waals surface area contributed by atoms with Gasteiger partial charge in [-0.05, 0) is 42.7 Å². The maximum absolute atomic E-state index is 13.1. The third kappa shape index (κ3) is 4.29. The summed E-state index contributed by atoms with van der Waals surface area (Å²) in [7, 11) is 2.39. The number of anilines is 1. The first-order valence-electron chi connectivity index (χ1n) is 11.5. The standard InChI is InChI=1S/C27H26N4O5/c1-35-26(33)22-21(17-8-4-3-5-9-17)20(16-28)24(29)31(23(22)27(34)36-2)19-12-10-18(11-13-19)25(32)30-14-6-7-15-30/h3-5,8-13,21H,6-7,14-15,29H2,1-2H3. The predicted molar refractivity (Wildman–Crippen MR) is 131 cm³/mol. The van der Waals surface area contributed by atoms with E-state index in [1.54, 1.807) is 59.5 Å². The molecule has 2 aliphatic heterocycles. The Morgan fingerprint density at radius 3 is 2.11 bits per heavy atom. The Morgan fingerprint density at radius 2 is 1.56 bits per heavy atom. The first kappa shape index (κ1) is 24.5. The summed E-state index contributed by atoms with van der Waals surface area (Å²) in [5, 5.41) is 10.1. The van der Waals surface area contributed by atoms with Gasteiger partial charge >= 0.3 is 11.9 Å². The van der Waals surface area contributed by atoms with Gasteiger partial charge in [0.25, 0.3) is 5.91 Å². The number of nitrogens with zero attached hydrogens (tertiary/aromatic N) is 3. The van der Waals surface area contributed by atoms with Crippen LogP contribution in [0.1, 0.15) is 34.7 Å². The van der Waals surface area contributed by atoms with E-state index in [0.29, 0.717) is 29.9 Å². The summed E-state index contributed by atoms with van der Waals surface area (Å²) in [5.74, 6) is -2.67. The van der Waals surface area contributed by atoms with E-state index in [1.165, 1.54) is 19.1 Å². The fourth-order valence-electron chi connectivity index (χ4n) is 4.64. The molecule has 0 aromatic heterocycles. The number of methoxy groups -OCH3 is 2. The molecule has 0 bridgehead atoms. The normalized spacial score (nSPS) is 17.6. The highest BCUT2D eigenvalue weighted by Crippen LogP contribution is 2.43. The summed E-state index contributed by atoms with van der Waals surface area (Å²) < 4.78 is 10.1. The molecule has 2 aromatic rings. The molecule has 1 unspecified atom stereocenters. The first-order chi connectivity index (χ1) is 17.4. The predicted octanol–water partition coefficient (Wildman–Crippen LogP) is 2.82. The third-order valence-electron chi connectivity index (χ3n) is 6.38. The van der Waals surface area contributed by atoms with E-state index in [0.717, 1.165) is 12.8 Å². The van der Waals surface area contributed by atoms with Crippen molar-refractivity contribution in [1.82, 2.24) is 4.90 Å². The van der Waals surface area contributed by atoms with Gasteiger partial charge < -0.3 is 20.1 Å². The third-order valence-corrected chi connectivity index (χ3v) is 6.38. The second kappa shape index (κ2) is 10.4. The number of rotatable bonds is 5. The average molecular weight is 487 g/mol. The smallest absolute Gasteiger partial charge is 0.355 e. The van der Waals surface area contributed by atoms with Gasteiger partial charge in [-0.1, -0.05) is 30.3 Å². The summed E-state index contributed by atoms with van der Waals surface area (Å²) in [4.78, 5) is 42.1. The minimum atomic E-state index is -0.940. The minimum absolute atomic E-state index is 0.0296. The average Bonchev–Trinajstić information content (AvgIpc) is 3.47. The van der Waals surface area contributed by atoms with Gasteiger partial charge in [0.15, 0.2) is 0 Å². The lowest BCUT2D eigenvalue weighted by Crippen LogP contribution is -2.40. The number of nitrogens with two attached hydrogens (primary N) is 1. The number of carbonyl (C=O) groups is 3. The SMILES string of the molecule is COC(=O)C1=C(C(=O)OC)N(c2ccc(C(=O)N3CCCC3)cc2)C(N)=C(C#N)C1c1ccccc1. The van der Waals surface area contributed by atoms with Crippen molar-refractivity contribution in [3.05, 3.63) is 88.4 Å². The molecule has 0 radical (unpaired) electrons. The van der Waals surface area contributed by atoms with Crippen molar-refractivity contribution >= 4 is 23.5 Å². The summed E-state index contributed by atoms with van der Waals surface area (Å²) >= 11 is 0. The van der Waals surface area contributed by atoms with Crippen molar-refractivity contribution in [2.24, 2.45) is 5.73 Å². The summed E-state index contributed by atoms with van der Waals surface area (Å²) in [6.45, 7) is 1.43. The largest absolute Gasteiger partial charge is 0.466 e. The summed E-state index contributed by atoms with van der Waals surface area (Å²) in [6.07, 6.45) is 1.95. The first-order valence-corrected chi connectivity index (χ1v) is 11.5. The number of esters is 2. The molecule has 9 nitrogen and oxygen atoms in total. The molecule has 2 heterocycles. The number of hydrogen-bond acceptors (Lipinski definition) is 8. The van der Waals surface area contributed by atoms with Crippen LogP contribution in [0.25, 0.3) is 0 Å². The molecule has 0 saturated carbocycles. The number of allylic oxidation sites excluding steroid dienone is 1. The Hall–Kier alpha value is -4.58. The van der Waals surface area contributed by atoms with Crippen LogP contribution in [0, 0.1) is 11.3 Å². The van der Waals surface area contributed by atoms with Crippen LogP contribution in [0.15, 0.2) is 77.3 Å². The molecule has 4 rings (SSSR count). The van der Waals surface area contributed by atoms with Crippen molar-refractivity contribution in [3.8, 4) is 6.07 Å². The van der Waals surface area contributed by atoms with Crippen LogP contribution in [0.3, 0.4) is 0 Å². The van der Waals surface area contributed by atoms with Crippen molar-refractivity contribution in [3.63, 3.8) is 0 Å². The molecule has 0 aliphatic carbocycles. The Bertz CT molecular complexity index is 1290. The Balaban J connectivity index is 1.89. The number of ether oxygens (including phenoxy) is 2. The molecule has 2 N–H and O–H groups in total. The van der Waals surface area contributed by atoms with Crippen LogP contribution in [-0.4, -0.2) is 50.1 Å². The quantitative estimate of drug-likeness (QED) is 0.640. The molecular weight excluding hydrogens is 460 g/mol. The van der Waals surface area contributed by atoms with Crippen LogP contribution in [-0.2, 0) is 19.1 Å². The second-order valence-electron chi connectivity index (χ2n) is 8.38. The highest BCUT2D eigenvalue weighted by Gasteiger charge is 2.43. The van der Waals surface area contributed by atoms with Crippen LogP contribution in [0.5, 0.6) is 0 Å². The molecule has 2 aromatic carbocycles. The Morgan fingerprint density at radius 1 is 0.944 bits per heavy atom. The number of benzene rings is 2. The molecule has 9 heteroatoms. The van der Waals surface area contributed by atoms with E-state index in [4.69, 9.17) is 15.2 Å². The maximum atomic E-state index is 13.1. The van der Waals surface area contributed by atoms with E-state index >= 15 is 0 Å². The van der Waals surface area contributed by atoms with Gasteiger partial charge in [0.05, 0.1) is 37.4 Å². The van der Waals surface area contributed by atoms with Gasteiger partial charge in [0.2, 0.25) is 0 Å². The molecule has 1 atom stereocenters. The fraction of sp³-hybridized carbons (Fsp3) is 0.259. The lowest BCUT2D eigenvalue weighted by Gasteiger charge is -2.36. The van der Waals surface area contributed by atoms with Crippen molar-refractivity contribution in [2.75, 3.05) is 32.2 Å². The summed E-state index contributed by atoms with van der Waals surface area (Å²) in [6, 6.07) is 17.4. The summed E-state index contributed by atoms with van der Waals surface area (Å²) in [5.41, 5.74) is 7.79. The molecule has 1 fully saturated rings. The lowest BCUT2D eigenvalue weighted by molar-refractivity contribution is -0.139. The number of hydrogen-bond donors (Lipinski definition) is 1. The van der Waals surface area contributed by atoms with Gasteiger partial charge in [-0.3, -0.25) is 9.69 Å². The molecule has 1 saturated heterocycles. The van der Waals surface area contributed by atoms with Crippen LogP contribution >= 0.6 is 0 Å². The topological polar surface area (TPSA) is 126 Å². The zero-order valence-corrected chi connectivity index (χ0v) is 20.1. The van der Waals surface area contributed by atoms with E-state index in [-0.39, 0.29) is 28.6 Å². The van der Waals surface area contributed by atoms with E-state index < -0.39 is 17.9 Å². The monoisotopic (exact) mass is 486 g/mol. The highest BCUT2D eigenvalue weighted by molar-refractivity contribution is 6.06. The van der Waals surface area contributed by atoms with Gasteiger partial charge in [-0.2, -0.15) is 5.26 Å². The fourth-order valence-corrected chi connectivity index (χ4v) is 4.64. The molecule has 2 aliphatic rings.